The summed E-state index contributed by atoms with van der Waals surface area (Å²) in [6, 6.07) is 0. The maximum atomic E-state index is 11.1. The second kappa shape index (κ2) is 6.94. The van der Waals surface area contributed by atoms with E-state index in [1.807, 2.05) is 6.08 Å². The summed E-state index contributed by atoms with van der Waals surface area (Å²) in [4.78, 5) is 11.1. The van der Waals surface area contributed by atoms with Gasteiger partial charge >= 0.3 is 5.97 Å². The van der Waals surface area contributed by atoms with Crippen LogP contribution in [0.25, 0.3) is 0 Å². The van der Waals surface area contributed by atoms with Crippen LogP contribution in [0.5, 0.6) is 0 Å². The van der Waals surface area contributed by atoms with E-state index in [2.05, 4.69) is 23.8 Å². The van der Waals surface area contributed by atoms with Crippen molar-refractivity contribution in [2.24, 2.45) is 0 Å². The van der Waals surface area contributed by atoms with Crippen LogP contribution in [0.15, 0.2) is 35.1 Å². The molecule has 0 aromatic carbocycles. The standard InChI is InChI=1S/C14H20O3/c1-4-11-10-13(16-2)7-5-6-12(11)8-9-14(15)17-3/h6-7,10H,4-5,8-9H2,1-3H3. The second-order valence-corrected chi connectivity index (χ2v) is 3.87. The smallest absolute Gasteiger partial charge is 0.305 e. The largest absolute Gasteiger partial charge is 0.497 e. The van der Waals surface area contributed by atoms with Crippen LogP contribution in [0.2, 0.25) is 0 Å². The molecule has 17 heavy (non-hydrogen) atoms. The Morgan fingerprint density at radius 1 is 1.29 bits per heavy atom. The average molecular weight is 236 g/mol. The predicted molar refractivity (Wildman–Crippen MR) is 67.4 cm³/mol. The van der Waals surface area contributed by atoms with Crippen molar-refractivity contribution in [1.82, 2.24) is 0 Å². The minimum absolute atomic E-state index is 0.162. The molecular formula is C14H20O3. The van der Waals surface area contributed by atoms with Crippen LogP contribution in [0.1, 0.15) is 32.6 Å². The van der Waals surface area contributed by atoms with Crippen molar-refractivity contribution < 1.29 is 14.3 Å². The molecule has 0 saturated carbocycles. The molecule has 0 unspecified atom stereocenters. The van der Waals surface area contributed by atoms with Gasteiger partial charge in [0.15, 0.2) is 0 Å². The third-order valence-corrected chi connectivity index (χ3v) is 2.85. The summed E-state index contributed by atoms with van der Waals surface area (Å²) in [5.41, 5.74) is 2.46. The van der Waals surface area contributed by atoms with Gasteiger partial charge in [-0.3, -0.25) is 4.79 Å². The lowest BCUT2D eigenvalue weighted by Gasteiger charge is -2.09. The molecule has 1 aliphatic rings. The third-order valence-electron chi connectivity index (χ3n) is 2.85. The van der Waals surface area contributed by atoms with Crippen LogP contribution >= 0.6 is 0 Å². The maximum Gasteiger partial charge on any atom is 0.305 e. The summed E-state index contributed by atoms with van der Waals surface area (Å²) < 4.78 is 9.92. The van der Waals surface area contributed by atoms with Gasteiger partial charge in [0.25, 0.3) is 0 Å². The van der Waals surface area contributed by atoms with Crippen molar-refractivity contribution in [3.05, 3.63) is 35.1 Å². The molecule has 0 bridgehead atoms. The number of carbonyl (C=O) groups excluding carboxylic acids is 1. The third kappa shape index (κ3) is 4.10. The van der Waals surface area contributed by atoms with E-state index in [1.165, 1.54) is 18.3 Å². The molecule has 94 valence electrons. The first-order valence-electron chi connectivity index (χ1n) is 5.92. The van der Waals surface area contributed by atoms with Crippen molar-refractivity contribution in [3.63, 3.8) is 0 Å². The number of hydrogen-bond acceptors (Lipinski definition) is 3. The van der Waals surface area contributed by atoms with Gasteiger partial charge in [0.2, 0.25) is 0 Å². The van der Waals surface area contributed by atoms with Gasteiger partial charge in [-0.15, -0.1) is 0 Å². The quantitative estimate of drug-likeness (QED) is 0.688. The topological polar surface area (TPSA) is 35.5 Å². The molecular weight excluding hydrogens is 216 g/mol. The molecule has 0 heterocycles. The van der Waals surface area contributed by atoms with E-state index in [4.69, 9.17) is 4.74 Å². The van der Waals surface area contributed by atoms with Crippen LogP contribution in [0.3, 0.4) is 0 Å². The molecule has 0 aliphatic heterocycles. The van der Waals surface area contributed by atoms with E-state index in [0.29, 0.717) is 6.42 Å². The minimum Gasteiger partial charge on any atom is -0.497 e. The van der Waals surface area contributed by atoms with Gasteiger partial charge in [-0.2, -0.15) is 0 Å². The Kier molecular flexibility index (Phi) is 5.53. The molecule has 0 aromatic heterocycles. The zero-order valence-corrected chi connectivity index (χ0v) is 10.8. The van der Waals surface area contributed by atoms with Gasteiger partial charge in [-0.1, -0.05) is 13.0 Å². The van der Waals surface area contributed by atoms with Crippen LogP contribution in [-0.4, -0.2) is 20.2 Å². The van der Waals surface area contributed by atoms with Gasteiger partial charge in [0.1, 0.15) is 5.76 Å². The second-order valence-electron chi connectivity index (χ2n) is 3.87. The molecule has 3 heteroatoms. The maximum absolute atomic E-state index is 11.1. The first kappa shape index (κ1) is 13.6. The van der Waals surface area contributed by atoms with Crippen LogP contribution < -0.4 is 0 Å². The fourth-order valence-electron chi connectivity index (χ4n) is 1.84. The normalized spacial score (nSPS) is 15.4. The molecule has 0 radical (unpaired) electrons. The minimum atomic E-state index is -0.162. The Balaban J connectivity index is 2.72. The summed E-state index contributed by atoms with van der Waals surface area (Å²) >= 11 is 0. The fraction of sp³-hybridized carbons (Fsp3) is 0.500. The lowest BCUT2D eigenvalue weighted by atomic mass is 9.98. The molecule has 3 nitrogen and oxygen atoms in total. The van der Waals surface area contributed by atoms with Crippen LogP contribution in [-0.2, 0) is 14.3 Å². The monoisotopic (exact) mass is 236 g/mol. The molecule has 0 spiro atoms. The van der Waals surface area contributed by atoms with Gasteiger partial charge in [0, 0.05) is 6.42 Å². The predicted octanol–water partition coefficient (Wildman–Crippen LogP) is 3.14. The highest BCUT2D eigenvalue weighted by Crippen LogP contribution is 2.25. The summed E-state index contributed by atoms with van der Waals surface area (Å²) in [5.74, 6) is 0.733. The molecule has 0 aromatic rings. The van der Waals surface area contributed by atoms with E-state index in [0.717, 1.165) is 25.0 Å². The van der Waals surface area contributed by atoms with E-state index < -0.39 is 0 Å². The number of rotatable bonds is 5. The highest BCUT2D eigenvalue weighted by Gasteiger charge is 2.10. The molecule has 0 amide bonds. The summed E-state index contributed by atoms with van der Waals surface area (Å²) in [5, 5.41) is 0. The van der Waals surface area contributed by atoms with Gasteiger partial charge < -0.3 is 9.47 Å². The van der Waals surface area contributed by atoms with Crippen molar-refractivity contribution >= 4 is 5.97 Å². The Labute approximate surface area is 103 Å². The van der Waals surface area contributed by atoms with Crippen molar-refractivity contribution in [3.8, 4) is 0 Å². The van der Waals surface area contributed by atoms with Gasteiger partial charge in [0.05, 0.1) is 14.2 Å². The highest BCUT2D eigenvalue weighted by molar-refractivity contribution is 5.69. The Bertz CT molecular complexity index is 362. The molecule has 0 atom stereocenters. The number of esters is 1. The molecule has 0 fully saturated rings. The number of hydrogen-bond donors (Lipinski definition) is 0. The number of methoxy groups -OCH3 is 2. The highest BCUT2D eigenvalue weighted by atomic mass is 16.5. The molecule has 0 N–H and O–H groups in total. The average Bonchev–Trinajstić information content (AvgIpc) is 2.57. The van der Waals surface area contributed by atoms with E-state index in [9.17, 15) is 4.79 Å². The van der Waals surface area contributed by atoms with Crippen molar-refractivity contribution in [2.45, 2.75) is 32.6 Å². The number of carbonyl (C=O) groups is 1. The van der Waals surface area contributed by atoms with Gasteiger partial charge in [-0.05, 0) is 42.6 Å². The molecule has 1 aliphatic carbocycles. The lowest BCUT2D eigenvalue weighted by molar-refractivity contribution is -0.140. The Morgan fingerprint density at radius 3 is 2.65 bits per heavy atom. The lowest BCUT2D eigenvalue weighted by Crippen LogP contribution is -2.01. The zero-order valence-electron chi connectivity index (χ0n) is 10.8. The molecule has 1 rings (SSSR count). The first-order chi connectivity index (χ1) is 8.21. The summed E-state index contributed by atoms with van der Waals surface area (Å²) in [6.45, 7) is 2.11. The van der Waals surface area contributed by atoms with Crippen LogP contribution in [0, 0.1) is 0 Å². The van der Waals surface area contributed by atoms with E-state index >= 15 is 0 Å². The Hall–Kier alpha value is -1.51. The zero-order chi connectivity index (χ0) is 12.7. The van der Waals surface area contributed by atoms with Crippen molar-refractivity contribution in [2.75, 3.05) is 14.2 Å². The SMILES string of the molecule is CCC1=CC(OC)=CCC=C1CCC(=O)OC. The fourth-order valence-corrected chi connectivity index (χ4v) is 1.84. The van der Waals surface area contributed by atoms with Gasteiger partial charge in [-0.25, -0.2) is 0 Å². The number of ether oxygens (including phenoxy) is 2. The van der Waals surface area contributed by atoms with E-state index in [-0.39, 0.29) is 5.97 Å². The molecule has 0 saturated heterocycles. The Morgan fingerprint density at radius 2 is 2.06 bits per heavy atom. The first-order valence-corrected chi connectivity index (χ1v) is 5.92. The summed E-state index contributed by atoms with van der Waals surface area (Å²) in [6.07, 6.45) is 9.20. The summed E-state index contributed by atoms with van der Waals surface area (Å²) in [7, 11) is 3.10. The number of allylic oxidation sites excluding steroid dienone is 5. The van der Waals surface area contributed by atoms with E-state index in [1.54, 1.807) is 7.11 Å². The van der Waals surface area contributed by atoms with Crippen LogP contribution in [0.4, 0.5) is 0 Å². The van der Waals surface area contributed by atoms with Crippen molar-refractivity contribution in [1.29, 1.82) is 0 Å².